The molecule has 122 valence electrons. The number of benzene rings is 2. The highest BCUT2D eigenvalue weighted by Gasteiger charge is 2.14. The van der Waals surface area contributed by atoms with Gasteiger partial charge in [0, 0.05) is 25.3 Å². The van der Waals surface area contributed by atoms with E-state index >= 15 is 0 Å². The van der Waals surface area contributed by atoms with Crippen LogP contribution < -0.4 is 9.62 Å². The van der Waals surface area contributed by atoms with Crippen LogP contribution >= 0.6 is 0 Å². The Hall–Kier alpha value is -1.85. The SMILES string of the molecule is Cc1cccc(S(=O)(=O)NCc2ccc(N3CCCC3)cc2)c1. The van der Waals surface area contributed by atoms with Crippen molar-refractivity contribution < 1.29 is 8.42 Å². The van der Waals surface area contributed by atoms with Crippen LogP contribution in [0.4, 0.5) is 5.69 Å². The molecule has 0 aliphatic carbocycles. The van der Waals surface area contributed by atoms with Crippen molar-refractivity contribution in [3.05, 3.63) is 59.7 Å². The highest BCUT2D eigenvalue weighted by atomic mass is 32.2. The predicted octanol–water partition coefficient (Wildman–Crippen LogP) is 3.07. The minimum absolute atomic E-state index is 0.302. The van der Waals surface area contributed by atoms with Crippen LogP contribution in [0.2, 0.25) is 0 Å². The van der Waals surface area contributed by atoms with Crippen molar-refractivity contribution in [1.82, 2.24) is 4.72 Å². The number of rotatable bonds is 5. The van der Waals surface area contributed by atoms with Gasteiger partial charge in [-0.15, -0.1) is 0 Å². The fraction of sp³-hybridized carbons (Fsp3) is 0.333. The monoisotopic (exact) mass is 330 g/mol. The Morgan fingerprint density at radius 2 is 1.74 bits per heavy atom. The zero-order chi connectivity index (χ0) is 16.3. The summed E-state index contributed by atoms with van der Waals surface area (Å²) in [5, 5.41) is 0. The average molecular weight is 330 g/mol. The minimum Gasteiger partial charge on any atom is -0.372 e. The van der Waals surface area contributed by atoms with E-state index in [2.05, 4.69) is 21.8 Å². The molecule has 2 aromatic carbocycles. The van der Waals surface area contributed by atoms with E-state index in [1.54, 1.807) is 18.2 Å². The van der Waals surface area contributed by atoms with Crippen molar-refractivity contribution in [3.63, 3.8) is 0 Å². The summed E-state index contributed by atoms with van der Waals surface area (Å²) < 4.78 is 27.3. The lowest BCUT2D eigenvalue weighted by molar-refractivity contribution is 0.581. The van der Waals surface area contributed by atoms with Crippen LogP contribution in [0.3, 0.4) is 0 Å². The van der Waals surface area contributed by atoms with Crippen molar-refractivity contribution in [2.75, 3.05) is 18.0 Å². The largest absolute Gasteiger partial charge is 0.372 e. The maximum absolute atomic E-state index is 12.3. The van der Waals surface area contributed by atoms with Crippen LogP contribution in [0.25, 0.3) is 0 Å². The molecule has 0 spiro atoms. The van der Waals surface area contributed by atoms with Gasteiger partial charge in [0.15, 0.2) is 0 Å². The number of nitrogens with zero attached hydrogens (tertiary/aromatic N) is 1. The van der Waals surface area contributed by atoms with Gasteiger partial charge >= 0.3 is 0 Å². The van der Waals surface area contributed by atoms with Crippen LogP contribution in [0, 0.1) is 6.92 Å². The molecule has 1 fully saturated rings. The number of hydrogen-bond acceptors (Lipinski definition) is 3. The molecular weight excluding hydrogens is 308 g/mol. The lowest BCUT2D eigenvalue weighted by atomic mass is 10.2. The van der Waals surface area contributed by atoms with Gasteiger partial charge in [0.05, 0.1) is 4.90 Å². The van der Waals surface area contributed by atoms with E-state index in [9.17, 15) is 8.42 Å². The zero-order valence-corrected chi connectivity index (χ0v) is 14.1. The van der Waals surface area contributed by atoms with E-state index in [-0.39, 0.29) is 0 Å². The third-order valence-electron chi connectivity index (χ3n) is 4.17. The first-order valence-electron chi connectivity index (χ1n) is 7.95. The quantitative estimate of drug-likeness (QED) is 0.916. The molecule has 0 aromatic heterocycles. The van der Waals surface area contributed by atoms with E-state index in [0.29, 0.717) is 11.4 Å². The average Bonchev–Trinajstić information content (AvgIpc) is 3.08. The van der Waals surface area contributed by atoms with E-state index in [0.717, 1.165) is 24.2 Å². The minimum atomic E-state index is -3.47. The number of sulfonamides is 1. The number of aryl methyl sites for hydroxylation is 1. The summed E-state index contributed by atoms with van der Waals surface area (Å²) in [5.41, 5.74) is 3.11. The molecule has 5 heteroatoms. The predicted molar refractivity (Wildman–Crippen MR) is 93.1 cm³/mol. The van der Waals surface area contributed by atoms with Crippen LogP contribution in [-0.4, -0.2) is 21.5 Å². The van der Waals surface area contributed by atoms with Gasteiger partial charge < -0.3 is 4.90 Å². The molecule has 1 heterocycles. The Morgan fingerprint density at radius 1 is 1.04 bits per heavy atom. The maximum Gasteiger partial charge on any atom is 0.240 e. The first-order chi connectivity index (χ1) is 11.0. The fourth-order valence-electron chi connectivity index (χ4n) is 2.84. The van der Waals surface area contributed by atoms with Crippen molar-refractivity contribution >= 4 is 15.7 Å². The van der Waals surface area contributed by atoms with E-state index in [4.69, 9.17) is 0 Å². The van der Waals surface area contributed by atoms with Gasteiger partial charge in [-0.3, -0.25) is 0 Å². The van der Waals surface area contributed by atoms with Crippen LogP contribution in [0.15, 0.2) is 53.4 Å². The lowest BCUT2D eigenvalue weighted by Gasteiger charge is -2.17. The maximum atomic E-state index is 12.3. The highest BCUT2D eigenvalue weighted by Crippen LogP contribution is 2.20. The molecule has 23 heavy (non-hydrogen) atoms. The first-order valence-corrected chi connectivity index (χ1v) is 9.43. The molecule has 3 rings (SSSR count). The van der Waals surface area contributed by atoms with Crippen molar-refractivity contribution in [3.8, 4) is 0 Å². The van der Waals surface area contributed by atoms with E-state index in [1.165, 1.54) is 18.5 Å². The second-order valence-electron chi connectivity index (χ2n) is 6.00. The molecule has 0 radical (unpaired) electrons. The van der Waals surface area contributed by atoms with Crippen LogP contribution in [-0.2, 0) is 16.6 Å². The third-order valence-corrected chi connectivity index (χ3v) is 5.57. The molecule has 0 unspecified atom stereocenters. The highest BCUT2D eigenvalue weighted by molar-refractivity contribution is 7.89. The standard InChI is InChI=1S/C18H22N2O2S/c1-15-5-4-6-18(13-15)23(21,22)19-14-16-7-9-17(10-8-16)20-11-2-3-12-20/h4-10,13,19H,2-3,11-12,14H2,1H3. The number of hydrogen-bond donors (Lipinski definition) is 1. The summed E-state index contributed by atoms with van der Waals surface area (Å²) in [7, 11) is -3.47. The molecule has 1 N–H and O–H groups in total. The van der Waals surface area contributed by atoms with Crippen molar-refractivity contribution in [2.45, 2.75) is 31.2 Å². The van der Waals surface area contributed by atoms with Gasteiger partial charge in [-0.05, 0) is 55.2 Å². The summed E-state index contributed by atoms with van der Waals surface area (Å²) in [4.78, 5) is 2.67. The molecule has 1 aliphatic rings. The molecule has 4 nitrogen and oxygen atoms in total. The summed E-state index contributed by atoms with van der Waals surface area (Å²) in [6, 6.07) is 15.1. The fourth-order valence-corrected chi connectivity index (χ4v) is 3.97. The van der Waals surface area contributed by atoms with Gasteiger partial charge in [-0.25, -0.2) is 13.1 Å². The zero-order valence-electron chi connectivity index (χ0n) is 13.3. The summed E-state index contributed by atoms with van der Waals surface area (Å²) in [6.07, 6.45) is 2.50. The van der Waals surface area contributed by atoms with Crippen molar-refractivity contribution in [1.29, 1.82) is 0 Å². The summed E-state index contributed by atoms with van der Waals surface area (Å²) in [5.74, 6) is 0. The van der Waals surface area contributed by atoms with Crippen molar-refractivity contribution in [2.24, 2.45) is 0 Å². The summed E-state index contributed by atoms with van der Waals surface area (Å²) in [6.45, 7) is 4.41. The number of nitrogens with one attached hydrogen (secondary N) is 1. The van der Waals surface area contributed by atoms with Gasteiger partial charge in [0.2, 0.25) is 10.0 Å². The molecule has 0 saturated carbocycles. The van der Waals surface area contributed by atoms with Crippen LogP contribution in [0.1, 0.15) is 24.0 Å². The molecule has 2 aromatic rings. The Kier molecular flexibility index (Phi) is 4.68. The Labute approximate surface area is 138 Å². The van der Waals surface area contributed by atoms with Crippen LogP contribution in [0.5, 0.6) is 0 Å². The Morgan fingerprint density at radius 3 is 2.39 bits per heavy atom. The van der Waals surface area contributed by atoms with E-state index < -0.39 is 10.0 Å². The van der Waals surface area contributed by atoms with Gasteiger partial charge in [0.25, 0.3) is 0 Å². The first kappa shape index (κ1) is 16.0. The van der Waals surface area contributed by atoms with E-state index in [1.807, 2.05) is 25.1 Å². The lowest BCUT2D eigenvalue weighted by Crippen LogP contribution is -2.23. The molecule has 1 aliphatic heterocycles. The van der Waals surface area contributed by atoms with Gasteiger partial charge in [-0.1, -0.05) is 24.3 Å². The Bertz CT molecular complexity index is 764. The number of anilines is 1. The smallest absolute Gasteiger partial charge is 0.240 e. The third kappa shape index (κ3) is 3.92. The van der Waals surface area contributed by atoms with Gasteiger partial charge in [-0.2, -0.15) is 0 Å². The molecule has 0 atom stereocenters. The second kappa shape index (κ2) is 6.72. The molecule has 0 bridgehead atoms. The Balaban J connectivity index is 1.65. The normalized spacial score (nSPS) is 15.1. The topological polar surface area (TPSA) is 49.4 Å². The molecule has 1 saturated heterocycles. The molecule has 0 amide bonds. The second-order valence-corrected chi connectivity index (χ2v) is 7.77. The molecular formula is C18H22N2O2S. The summed E-state index contributed by atoms with van der Waals surface area (Å²) >= 11 is 0. The van der Waals surface area contributed by atoms with Gasteiger partial charge in [0.1, 0.15) is 0 Å².